The summed E-state index contributed by atoms with van der Waals surface area (Å²) < 4.78 is 16.1. The Labute approximate surface area is 126 Å². The number of rotatable bonds is 6. The van der Waals surface area contributed by atoms with Crippen LogP contribution in [0.4, 0.5) is 0 Å². The van der Waals surface area contributed by atoms with Crippen molar-refractivity contribution in [2.75, 3.05) is 21.3 Å². The summed E-state index contributed by atoms with van der Waals surface area (Å²) in [6, 6.07) is 2.99. The van der Waals surface area contributed by atoms with E-state index in [0.717, 1.165) is 25.7 Å². The van der Waals surface area contributed by atoms with Crippen molar-refractivity contribution in [1.29, 1.82) is 0 Å². The van der Waals surface area contributed by atoms with Crippen molar-refractivity contribution in [1.82, 2.24) is 0 Å². The lowest BCUT2D eigenvalue weighted by atomic mass is 9.90. The van der Waals surface area contributed by atoms with Crippen molar-refractivity contribution in [3.05, 3.63) is 17.7 Å². The summed E-state index contributed by atoms with van der Waals surface area (Å²) in [5.74, 6) is 2.04. The quantitative estimate of drug-likeness (QED) is 0.842. The lowest BCUT2D eigenvalue weighted by Gasteiger charge is -2.27. The molecule has 0 spiro atoms. The summed E-state index contributed by atoms with van der Waals surface area (Å²) in [4.78, 5) is 0. The Morgan fingerprint density at radius 2 is 1.57 bits per heavy atom. The molecule has 5 nitrogen and oxygen atoms in total. The van der Waals surface area contributed by atoms with Crippen molar-refractivity contribution in [2.45, 2.75) is 37.8 Å². The fourth-order valence-corrected chi connectivity index (χ4v) is 3.12. The Balaban J connectivity index is 2.35. The molecule has 1 saturated carbocycles. The van der Waals surface area contributed by atoms with Gasteiger partial charge in [-0.3, -0.25) is 0 Å². The largest absolute Gasteiger partial charge is 0.496 e. The molecule has 1 aromatic rings. The number of hydrogen-bond donors (Lipinski definition) is 2. The van der Waals surface area contributed by atoms with Gasteiger partial charge in [0.15, 0.2) is 0 Å². The second-order valence-corrected chi connectivity index (χ2v) is 5.51. The fourth-order valence-electron chi connectivity index (χ4n) is 3.12. The molecule has 5 heteroatoms. The van der Waals surface area contributed by atoms with Crippen molar-refractivity contribution in [2.24, 2.45) is 11.7 Å². The maximum absolute atomic E-state index is 10.6. The SMILES string of the molecule is COc1cc(OC)c([C@@H](N)[C@@H](O)C2CCCC2)c(OC)c1. The van der Waals surface area contributed by atoms with Crippen molar-refractivity contribution in [3.8, 4) is 17.2 Å². The molecule has 1 fully saturated rings. The number of benzene rings is 1. The first-order valence-electron chi connectivity index (χ1n) is 7.36. The van der Waals surface area contributed by atoms with Gasteiger partial charge in [0.1, 0.15) is 17.2 Å². The van der Waals surface area contributed by atoms with Gasteiger partial charge in [-0.15, -0.1) is 0 Å². The van der Waals surface area contributed by atoms with E-state index >= 15 is 0 Å². The predicted octanol–water partition coefficient (Wildman–Crippen LogP) is 2.26. The number of nitrogens with two attached hydrogens (primary N) is 1. The number of ether oxygens (including phenoxy) is 3. The van der Waals surface area contributed by atoms with E-state index in [2.05, 4.69) is 0 Å². The summed E-state index contributed by atoms with van der Waals surface area (Å²) in [6.45, 7) is 0. The number of aliphatic hydroxyl groups excluding tert-OH is 1. The monoisotopic (exact) mass is 295 g/mol. The highest BCUT2D eigenvalue weighted by atomic mass is 16.5. The van der Waals surface area contributed by atoms with Gasteiger partial charge in [-0.05, 0) is 18.8 Å². The van der Waals surface area contributed by atoms with Gasteiger partial charge in [-0.1, -0.05) is 12.8 Å². The van der Waals surface area contributed by atoms with E-state index in [4.69, 9.17) is 19.9 Å². The normalized spacial score (nSPS) is 18.3. The molecule has 2 rings (SSSR count). The van der Waals surface area contributed by atoms with Crippen LogP contribution in [0.1, 0.15) is 37.3 Å². The van der Waals surface area contributed by atoms with Crippen molar-refractivity contribution >= 4 is 0 Å². The van der Waals surface area contributed by atoms with Gasteiger partial charge in [-0.2, -0.15) is 0 Å². The third-order valence-corrected chi connectivity index (χ3v) is 4.34. The summed E-state index contributed by atoms with van der Waals surface area (Å²) >= 11 is 0. The Bertz CT molecular complexity index is 446. The fraction of sp³-hybridized carbons (Fsp3) is 0.625. The Morgan fingerprint density at radius 1 is 1.05 bits per heavy atom. The van der Waals surface area contributed by atoms with E-state index in [1.54, 1.807) is 33.5 Å². The first kappa shape index (κ1) is 15.9. The third kappa shape index (κ3) is 3.24. The van der Waals surface area contributed by atoms with Crippen LogP contribution in [-0.4, -0.2) is 32.5 Å². The highest BCUT2D eigenvalue weighted by Gasteiger charge is 2.32. The van der Waals surface area contributed by atoms with Gasteiger partial charge < -0.3 is 25.1 Å². The van der Waals surface area contributed by atoms with E-state index in [0.29, 0.717) is 22.8 Å². The van der Waals surface area contributed by atoms with Crippen LogP contribution in [0.2, 0.25) is 0 Å². The number of aliphatic hydroxyl groups is 1. The van der Waals surface area contributed by atoms with Crippen LogP contribution in [0.3, 0.4) is 0 Å². The molecule has 0 saturated heterocycles. The molecule has 1 aliphatic carbocycles. The molecule has 0 amide bonds. The average molecular weight is 295 g/mol. The topological polar surface area (TPSA) is 73.9 Å². The van der Waals surface area contributed by atoms with Crippen LogP contribution < -0.4 is 19.9 Å². The van der Waals surface area contributed by atoms with Crippen LogP contribution in [0, 0.1) is 5.92 Å². The highest BCUT2D eigenvalue weighted by molar-refractivity contribution is 5.52. The van der Waals surface area contributed by atoms with Crippen LogP contribution in [0.15, 0.2) is 12.1 Å². The summed E-state index contributed by atoms with van der Waals surface area (Å²) in [7, 11) is 4.74. The lowest BCUT2D eigenvalue weighted by Crippen LogP contribution is -2.32. The second kappa shape index (κ2) is 7.00. The molecule has 118 valence electrons. The zero-order valence-corrected chi connectivity index (χ0v) is 13.0. The van der Waals surface area contributed by atoms with Crippen LogP contribution in [0.5, 0.6) is 17.2 Å². The molecule has 0 aliphatic heterocycles. The van der Waals surface area contributed by atoms with Crippen LogP contribution >= 0.6 is 0 Å². The molecule has 3 N–H and O–H groups in total. The molecule has 0 heterocycles. The molecule has 1 aliphatic rings. The Hall–Kier alpha value is -1.46. The molecule has 2 atom stereocenters. The predicted molar refractivity (Wildman–Crippen MR) is 81.0 cm³/mol. The Morgan fingerprint density at radius 3 is 2.00 bits per heavy atom. The summed E-state index contributed by atoms with van der Waals surface area (Å²) in [5.41, 5.74) is 7.01. The van der Waals surface area contributed by atoms with E-state index in [1.807, 2.05) is 0 Å². The minimum atomic E-state index is -0.594. The minimum absolute atomic E-state index is 0.247. The van der Waals surface area contributed by atoms with Gasteiger partial charge in [-0.25, -0.2) is 0 Å². The zero-order valence-electron chi connectivity index (χ0n) is 13.0. The zero-order chi connectivity index (χ0) is 15.4. The lowest BCUT2D eigenvalue weighted by molar-refractivity contribution is 0.0826. The van der Waals surface area contributed by atoms with E-state index < -0.39 is 12.1 Å². The standard InChI is InChI=1S/C16H25NO4/c1-19-11-8-12(20-2)14(13(9-11)21-3)15(17)16(18)10-6-4-5-7-10/h8-10,15-16,18H,4-7,17H2,1-3H3/t15-,16+/m1/s1. The van der Waals surface area contributed by atoms with Crippen molar-refractivity contribution < 1.29 is 19.3 Å². The van der Waals surface area contributed by atoms with Crippen LogP contribution in [-0.2, 0) is 0 Å². The van der Waals surface area contributed by atoms with Gasteiger partial charge in [0.05, 0.1) is 39.0 Å². The first-order chi connectivity index (χ1) is 10.1. The first-order valence-corrected chi connectivity index (χ1v) is 7.36. The molecular formula is C16H25NO4. The molecule has 0 bridgehead atoms. The van der Waals surface area contributed by atoms with E-state index in [1.165, 1.54) is 0 Å². The van der Waals surface area contributed by atoms with Crippen LogP contribution in [0.25, 0.3) is 0 Å². The van der Waals surface area contributed by atoms with Gasteiger partial charge in [0.2, 0.25) is 0 Å². The summed E-state index contributed by atoms with van der Waals surface area (Å²) in [5, 5.41) is 10.6. The highest BCUT2D eigenvalue weighted by Crippen LogP contribution is 2.41. The number of methoxy groups -OCH3 is 3. The smallest absolute Gasteiger partial charge is 0.131 e. The van der Waals surface area contributed by atoms with E-state index in [-0.39, 0.29) is 5.92 Å². The van der Waals surface area contributed by atoms with Gasteiger partial charge in [0.25, 0.3) is 0 Å². The molecule has 1 aromatic carbocycles. The molecule has 21 heavy (non-hydrogen) atoms. The van der Waals surface area contributed by atoms with Gasteiger partial charge in [0, 0.05) is 12.1 Å². The molecule has 0 unspecified atom stereocenters. The number of hydrogen-bond acceptors (Lipinski definition) is 5. The third-order valence-electron chi connectivity index (χ3n) is 4.34. The molecular weight excluding hydrogens is 270 g/mol. The maximum Gasteiger partial charge on any atom is 0.131 e. The Kier molecular flexibility index (Phi) is 5.31. The molecule has 0 aromatic heterocycles. The molecule has 0 radical (unpaired) electrons. The summed E-state index contributed by atoms with van der Waals surface area (Å²) in [6.07, 6.45) is 3.77. The van der Waals surface area contributed by atoms with Gasteiger partial charge >= 0.3 is 0 Å². The van der Waals surface area contributed by atoms with Crippen molar-refractivity contribution in [3.63, 3.8) is 0 Å². The second-order valence-electron chi connectivity index (χ2n) is 5.51. The maximum atomic E-state index is 10.6. The average Bonchev–Trinajstić information content (AvgIpc) is 3.06. The van der Waals surface area contributed by atoms with E-state index in [9.17, 15) is 5.11 Å². The minimum Gasteiger partial charge on any atom is -0.496 e.